The van der Waals surface area contributed by atoms with Crippen LogP contribution in [0.1, 0.15) is 41.3 Å². The molecule has 5 atom stereocenters. The normalized spacial score (nSPS) is 28.4. The number of likely N-dealkylation sites (N-methyl/N-ethyl adjacent to an activating group) is 1. The number of nitrogens with zero attached hydrogens (tertiary/aromatic N) is 2. The molecular formula is C28H39N5O8. The molecule has 0 saturated heterocycles. The van der Waals surface area contributed by atoms with Gasteiger partial charge in [0.25, 0.3) is 5.91 Å². The van der Waals surface area contributed by atoms with E-state index in [1.807, 2.05) is 6.92 Å². The molecule has 1 amide bonds. The monoisotopic (exact) mass is 573 g/mol. The van der Waals surface area contributed by atoms with Gasteiger partial charge in [-0.25, -0.2) is 0 Å². The van der Waals surface area contributed by atoms with Crippen LogP contribution < -0.4 is 21.7 Å². The number of carbonyl (C=O) groups excluding carboxylic acids is 3. The molecule has 0 saturated carbocycles. The minimum atomic E-state index is -2.78. The molecule has 0 radical (unpaired) electrons. The van der Waals surface area contributed by atoms with Crippen LogP contribution in [0.3, 0.4) is 0 Å². The highest BCUT2D eigenvalue weighted by Gasteiger charge is 2.66. The van der Waals surface area contributed by atoms with E-state index in [0.717, 1.165) is 0 Å². The quantitative estimate of drug-likeness (QED) is 0.178. The minimum absolute atomic E-state index is 0.0283. The van der Waals surface area contributed by atoms with Crippen molar-refractivity contribution in [2.24, 2.45) is 17.4 Å². The molecule has 13 heteroatoms. The zero-order valence-electron chi connectivity index (χ0n) is 23.9. The van der Waals surface area contributed by atoms with Crippen molar-refractivity contribution in [2.75, 3.05) is 39.7 Å². The highest BCUT2D eigenvalue weighted by molar-refractivity contribution is 6.25. The maximum absolute atomic E-state index is 14.2. The SMILES string of the molecule is CC(CCO)NCc1cc(N(C)C)c2c(c1O)C(=O)C1=C(O)[C@]3(O)C(=O)C(C(N)=O)=C(O)C(N(C)C)[C@@H]3C[C@]1(N)C2. The number of rotatable bonds is 8. The Morgan fingerprint density at radius 3 is 2.37 bits per heavy atom. The number of fused-ring (bicyclic) bond motifs is 3. The van der Waals surface area contributed by atoms with Gasteiger partial charge in [-0.3, -0.25) is 19.3 Å². The van der Waals surface area contributed by atoms with Gasteiger partial charge < -0.3 is 47.2 Å². The Kier molecular flexibility index (Phi) is 7.73. The van der Waals surface area contributed by atoms with Gasteiger partial charge in [-0.1, -0.05) is 0 Å². The maximum atomic E-state index is 14.2. The Morgan fingerprint density at radius 1 is 1.20 bits per heavy atom. The third-order valence-electron chi connectivity index (χ3n) is 8.60. The van der Waals surface area contributed by atoms with Crippen LogP contribution >= 0.6 is 0 Å². The molecule has 1 aromatic carbocycles. The lowest BCUT2D eigenvalue weighted by atomic mass is 9.56. The average Bonchev–Trinajstić information content (AvgIpc) is 2.85. The molecule has 2 unspecified atom stereocenters. The number of phenols is 1. The van der Waals surface area contributed by atoms with Crippen LogP contribution in [0.4, 0.5) is 5.69 Å². The van der Waals surface area contributed by atoms with E-state index in [1.54, 1.807) is 39.2 Å². The van der Waals surface area contributed by atoms with Gasteiger partial charge in [0.1, 0.15) is 22.8 Å². The van der Waals surface area contributed by atoms with Crippen molar-refractivity contribution in [3.63, 3.8) is 0 Å². The van der Waals surface area contributed by atoms with Gasteiger partial charge in [0, 0.05) is 50.5 Å². The number of aliphatic hydroxyl groups excluding tert-OH is 3. The van der Waals surface area contributed by atoms with Gasteiger partial charge in [-0.15, -0.1) is 0 Å². The number of nitrogens with one attached hydrogen (secondary N) is 1. The fourth-order valence-electron chi connectivity index (χ4n) is 6.57. The number of Topliss-reactive ketones (excluding diaryl/α,β-unsaturated/α-hetero) is 2. The molecule has 0 aliphatic heterocycles. The van der Waals surface area contributed by atoms with Crippen LogP contribution in [0.25, 0.3) is 0 Å². The van der Waals surface area contributed by atoms with E-state index in [4.69, 9.17) is 11.5 Å². The smallest absolute Gasteiger partial charge is 0.255 e. The lowest BCUT2D eigenvalue weighted by Crippen LogP contribution is -2.68. The molecule has 0 bridgehead atoms. The molecular weight excluding hydrogens is 534 g/mol. The Balaban J connectivity index is 1.95. The van der Waals surface area contributed by atoms with E-state index in [-0.39, 0.29) is 43.3 Å². The fourth-order valence-corrected chi connectivity index (χ4v) is 6.57. The summed E-state index contributed by atoms with van der Waals surface area (Å²) in [6, 6.07) is 0.502. The van der Waals surface area contributed by atoms with Gasteiger partial charge in [0.15, 0.2) is 11.4 Å². The third-order valence-corrected chi connectivity index (χ3v) is 8.60. The van der Waals surface area contributed by atoms with Crippen molar-refractivity contribution in [3.8, 4) is 5.75 Å². The summed E-state index contributed by atoms with van der Waals surface area (Å²) in [5.74, 6) is -6.75. The Morgan fingerprint density at radius 2 is 1.83 bits per heavy atom. The van der Waals surface area contributed by atoms with E-state index in [9.17, 15) is 39.9 Å². The average molecular weight is 574 g/mol. The second-order valence-electron chi connectivity index (χ2n) is 11.8. The number of primary amides is 1. The van der Waals surface area contributed by atoms with Crippen LogP contribution in [0.5, 0.6) is 5.75 Å². The molecule has 13 nitrogen and oxygen atoms in total. The molecule has 10 N–H and O–H groups in total. The van der Waals surface area contributed by atoms with Crippen LogP contribution in [0.15, 0.2) is 28.7 Å². The summed E-state index contributed by atoms with van der Waals surface area (Å²) in [6.45, 7) is 2.00. The highest BCUT2D eigenvalue weighted by Crippen LogP contribution is 2.54. The number of aliphatic hydroxyl groups is 4. The number of benzene rings is 1. The van der Waals surface area contributed by atoms with Gasteiger partial charge in [0.05, 0.1) is 22.7 Å². The summed E-state index contributed by atoms with van der Waals surface area (Å²) < 4.78 is 0. The number of phenolic OH excluding ortho intramolecular Hbond substituents is 1. The molecule has 3 aliphatic rings. The summed E-state index contributed by atoms with van der Waals surface area (Å²) in [6.07, 6.45) is 0.201. The summed E-state index contributed by atoms with van der Waals surface area (Å²) in [7, 11) is 6.64. The van der Waals surface area contributed by atoms with Crippen LogP contribution in [-0.2, 0) is 22.6 Å². The molecule has 4 rings (SSSR count). The first-order valence-corrected chi connectivity index (χ1v) is 13.4. The minimum Gasteiger partial charge on any atom is -0.510 e. The second-order valence-corrected chi connectivity index (χ2v) is 11.8. The molecule has 1 aromatic rings. The number of amides is 1. The Bertz CT molecular complexity index is 1390. The predicted molar refractivity (Wildman–Crippen MR) is 149 cm³/mol. The van der Waals surface area contributed by atoms with Crippen molar-refractivity contribution in [2.45, 2.75) is 56.0 Å². The first kappa shape index (κ1) is 30.5. The van der Waals surface area contributed by atoms with E-state index >= 15 is 0 Å². The van der Waals surface area contributed by atoms with E-state index < -0.39 is 63.2 Å². The predicted octanol–water partition coefficient (Wildman–Crippen LogP) is -0.872. The number of hydrogen-bond donors (Lipinski definition) is 8. The van der Waals surface area contributed by atoms with Gasteiger partial charge in [-0.05, 0) is 51.9 Å². The van der Waals surface area contributed by atoms with Crippen LogP contribution in [0.2, 0.25) is 0 Å². The van der Waals surface area contributed by atoms with Crippen molar-refractivity contribution < 1.29 is 39.9 Å². The zero-order valence-corrected chi connectivity index (χ0v) is 23.9. The molecule has 0 spiro atoms. The molecule has 0 fully saturated rings. The van der Waals surface area contributed by atoms with Gasteiger partial charge >= 0.3 is 0 Å². The third kappa shape index (κ3) is 4.48. The number of anilines is 1. The molecule has 3 aliphatic carbocycles. The summed E-state index contributed by atoms with van der Waals surface area (Å²) in [5.41, 5.74) is 7.83. The number of ketones is 2. The highest BCUT2D eigenvalue weighted by atomic mass is 16.3. The number of aromatic hydroxyl groups is 1. The lowest BCUT2D eigenvalue weighted by Gasteiger charge is -2.53. The topological polar surface area (TPSA) is 223 Å². The number of hydrogen-bond acceptors (Lipinski definition) is 12. The fraction of sp³-hybridized carbons (Fsp3) is 0.536. The van der Waals surface area contributed by atoms with Crippen molar-refractivity contribution in [3.05, 3.63) is 45.4 Å². The molecule has 0 heterocycles. The van der Waals surface area contributed by atoms with Crippen molar-refractivity contribution in [1.82, 2.24) is 10.2 Å². The lowest BCUT2D eigenvalue weighted by molar-refractivity contribution is -0.148. The second kappa shape index (κ2) is 10.4. The summed E-state index contributed by atoms with van der Waals surface area (Å²) >= 11 is 0. The number of nitrogens with two attached hydrogens (primary N) is 2. The van der Waals surface area contributed by atoms with E-state index in [0.29, 0.717) is 23.2 Å². The largest absolute Gasteiger partial charge is 0.510 e. The summed E-state index contributed by atoms with van der Waals surface area (Å²) in [5, 5.41) is 58.0. The van der Waals surface area contributed by atoms with Crippen LogP contribution in [-0.4, -0.2) is 106 Å². The molecule has 224 valence electrons. The maximum Gasteiger partial charge on any atom is 0.255 e. The molecule has 41 heavy (non-hydrogen) atoms. The standard InChI is InChI=1S/C28H39N5O8/c1-12(6-7-34)31-11-13-8-16(32(2)3)14-9-27(30)10-15-20(33(4)5)23(37)18(26(29)40)24(38)28(15,41)25(39)19(27)22(36)17(14)21(13)35/h8,12,15,20,31,34-35,37,39,41H,6-7,9-11,30H2,1-5H3,(H2,29,40)/t12?,15-,20?,27+,28+/m0/s1. The number of carbonyl (C=O) groups is 3. The summed E-state index contributed by atoms with van der Waals surface area (Å²) in [4.78, 5) is 43.1. The van der Waals surface area contributed by atoms with E-state index in [2.05, 4.69) is 5.32 Å². The Hall–Kier alpha value is -3.49. The van der Waals surface area contributed by atoms with Gasteiger partial charge in [0.2, 0.25) is 5.78 Å². The van der Waals surface area contributed by atoms with Crippen molar-refractivity contribution in [1.29, 1.82) is 0 Å². The Labute approximate surface area is 237 Å². The van der Waals surface area contributed by atoms with Crippen LogP contribution in [0, 0.1) is 5.92 Å². The first-order chi connectivity index (χ1) is 19.0. The van der Waals surface area contributed by atoms with E-state index in [1.165, 1.54) is 4.90 Å². The zero-order chi connectivity index (χ0) is 30.8. The van der Waals surface area contributed by atoms with Crippen molar-refractivity contribution >= 4 is 23.2 Å². The van der Waals surface area contributed by atoms with Gasteiger partial charge in [-0.2, -0.15) is 0 Å². The molecule has 0 aromatic heterocycles. The first-order valence-electron chi connectivity index (χ1n) is 13.4.